The Bertz CT molecular complexity index is 883. The SMILES string of the molecule is N#Cc1c(F)cccc1-n1c(CCl)nc2cc(Cl)cnc21. The molecule has 0 atom stereocenters. The summed E-state index contributed by atoms with van der Waals surface area (Å²) in [6.45, 7) is 0. The van der Waals surface area contributed by atoms with Gasteiger partial charge in [-0.3, -0.25) is 4.57 Å². The van der Waals surface area contributed by atoms with Crippen molar-refractivity contribution in [1.29, 1.82) is 5.26 Å². The molecule has 3 rings (SSSR count). The van der Waals surface area contributed by atoms with E-state index < -0.39 is 5.82 Å². The lowest BCUT2D eigenvalue weighted by Crippen LogP contribution is -2.04. The van der Waals surface area contributed by atoms with Crippen LogP contribution in [-0.4, -0.2) is 14.5 Å². The van der Waals surface area contributed by atoms with Crippen LogP contribution < -0.4 is 0 Å². The number of rotatable bonds is 2. The maximum absolute atomic E-state index is 13.8. The van der Waals surface area contributed by atoms with E-state index in [0.29, 0.717) is 27.7 Å². The predicted octanol–water partition coefficient (Wildman–Crippen LogP) is 3.82. The Morgan fingerprint density at radius 1 is 1.38 bits per heavy atom. The molecule has 0 saturated heterocycles. The fourth-order valence-electron chi connectivity index (χ4n) is 2.14. The van der Waals surface area contributed by atoms with Crippen LogP contribution in [0.1, 0.15) is 11.4 Å². The number of benzene rings is 1. The van der Waals surface area contributed by atoms with Gasteiger partial charge in [0.2, 0.25) is 0 Å². The van der Waals surface area contributed by atoms with Crippen molar-refractivity contribution in [3.05, 3.63) is 52.7 Å². The Balaban J connectivity index is 2.40. The summed E-state index contributed by atoms with van der Waals surface area (Å²) < 4.78 is 15.4. The number of pyridine rings is 1. The summed E-state index contributed by atoms with van der Waals surface area (Å²) >= 11 is 11.8. The lowest BCUT2D eigenvalue weighted by molar-refractivity contribution is 0.622. The number of nitrogens with zero attached hydrogens (tertiary/aromatic N) is 4. The van der Waals surface area contributed by atoms with E-state index in [-0.39, 0.29) is 11.4 Å². The van der Waals surface area contributed by atoms with Crippen molar-refractivity contribution in [2.45, 2.75) is 5.88 Å². The molecule has 1 aromatic carbocycles. The quantitative estimate of drug-likeness (QED) is 0.674. The average molecular weight is 321 g/mol. The third kappa shape index (κ3) is 2.23. The molecule has 2 aromatic heterocycles. The molecule has 0 fully saturated rings. The Morgan fingerprint density at radius 2 is 2.19 bits per heavy atom. The van der Waals surface area contributed by atoms with E-state index in [4.69, 9.17) is 23.2 Å². The zero-order valence-electron chi connectivity index (χ0n) is 10.5. The molecule has 7 heteroatoms. The number of nitriles is 1. The van der Waals surface area contributed by atoms with Crippen LogP contribution in [0.25, 0.3) is 16.9 Å². The third-order valence-electron chi connectivity index (χ3n) is 3.00. The van der Waals surface area contributed by atoms with Crippen LogP contribution in [-0.2, 0) is 5.88 Å². The van der Waals surface area contributed by atoms with Crippen molar-refractivity contribution < 1.29 is 4.39 Å². The van der Waals surface area contributed by atoms with E-state index in [9.17, 15) is 9.65 Å². The predicted molar refractivity (Wildman–Crippen MR) is 78.1 cm³/mol. The van der Waals surface area contributed by atoms with Crippen molar-refractivity contribution in [2.24, 2.45) is 0 Å². The van der Waals surface area contributed by atoms with Crippen molar-refractivity contribution in [1.82, 2.24) is 14.5 Å². The van der Waals surface area contributed by atoms with Crippen LogP contribution in [0.4, 0.5) is 4.39 Å². The van der Waals surface area contributed by atoms with Gasteiger partial charge in [0.25, 0.3) is 0 Å². The molecule has 2 heterocycles. The molecular weight excluding hydrogens is 314 g/mol. The summed E-state index contributed by atoms with van der Waals surface area (Å²) in [5.74, 6) is -0.0510. The van der Waals surface area contributed by atoms with Crippen LogP contribution in [0, 0.1) is 17.1 Å². The highest BCUT2D eigenvalue weighted by molar-refractivity contribution is 6.31. The van der Waals surface area contributed by atoms with Gasteiger partial charge in [0.15, 0.2) is 5.65 Å². The Labute approximate surface area is 129 Å². The monoisotopic (exact) mass is 320 g/mol. The van der Waals surface area contributed by atoms with E-state index >= 15 is 0 Å². The number of halogens is 3. The second-order valence-electron chi connectivity index (χ2n) is 4.24. The summed E-state index contributed by atoms with van der Waals surface area (Å²) in [6, 6.07) is 7.87. The summed E-state index contributed by atoms with van der Waals surface area (Å²) in [5, 5.41) is 9.62. The van der Waals surface area contributed by atoms with Crippen molar-refractivity contribution in [3.8, 4) is 11.8 Å². The van der Waals surface area contributed by atoms with Crippen molar-refractivity contribution >= 4 is 34.4 Å². The fourth-order valence-corrected chi connectivity index (χ4v) is 2.47. The highest BCUT2D eigenvalue weighted by Crippen LogP contribution is 2.26. The lowest BCUT2D eigenvalue weighted by atomic mass is 10.2. The maximum atomic E-state index is 13.8. The van der Waals surface area contributed by atoms with Crippen LogP contribution in [0.5, 0.6) is 0 Å². The minimum absolute atomic E-state index is 0.0834. The number of aromatic nitrogens is 3. The van der Waals surface area contributed by atoms with Gasteiger partial charge in [0.05, 0.1) is 16.6 Å². The molecule has 21 heavy (non-hydrogen) atoms. The van der Waals surface area contributed by atoms with E-state index in [2.05, 4.69) is 9.97 Å². The number of fused-ring (bicyclic) bond motifs is 1. The smallest absolute Gasteiger partial charge is 0.164 e. The van der Waals surface area contributed by atoms with Crippen LogP contribution in [0.15, 0.2) is 30.5 Å². The number of hydrogen-bond donors (Lipinski definition) is 0. The topological polar surface area (TPSA) is 54.5 Å². The summed E-state index contributed by atoms with van der Waals surface area (Å²) in [6.07, 6.45) is 1.46. The average Bonchev–Trinajstić information content (AvgIpc) is 2.84. The van der Waals surface area contributed by atoms with Crippen LogP contribution in [0.2, 0.25) is 5.02 Å². The van der Waals surface area contributed by atoms with Crippen molar-refractivity contribution in [3.63, 3.8) is 0 Å². The van der Waals surface area contributed by atoms with Gasteiger partial charge in [-0.15, -0.1) is 11.6 Å². The number of imidazole rings is 1. The Morgan fingerprint density at radius 3 is 2.90 bits per heavy atom. The molecule has 104 valence electrons. The molecule has 0 aliphatic carbocycles. The van der Waals surface area contributed by atoms with Crippen LogP contribution >= 0.6 is 23.2 Å². The van der Waals surface area contributed by atoms with Gasteiger partial charge < -0.3 is 0 Å². The van der Waals surface area contributed by atoms with Gasteiger partial charge in [0.1, 0.15) is 28.8 Å². The van der Waals surface area contributed by atoms with Gasteiger partial charge in [-0.25, -0.2) is 14.4 Å². The minimum Gasteiger partial charge on any atom is -0.278 e. The molecule has 4 nitrogen and oxygen atoms in total. The first-order valence-electron chi connectivity index (χ1n) is 5.93. The third-order valence-corrected chi connectivity index (χ3v) is 3.44. The molecule has 0 unspecified atom stereocenters. The summed E-state index contributed by atoms with van der Waals surface area (Å²) in [4.78, 5) is 8.53. The Kier molecular flexibility index (Phi) is 3.50. The molecule has 0 spiro atoms. The standard InChI is InChI=1S/C14H7Cl2FN4/c15-5-13-20-11-4-8(16)7-19-14(11)21(13)12-3-1-2-10(17)9(12)6-18/h1-4,7H,5H2. The molecule has 0 aliphatic rings. The van der Waals surface area contributed by atoms with Crippen LogP contribution in [0.3, 0.4) is 0 Å². The van der Waals surface area contributed by atoms with Gasteiger partial charge >= 0.3 is 0 Å². The zero-order valence-corrected chi connectivity index (χ0v) is 12.0. The van der Waals surface area contributed by atoms with Gasteiger partial charge in [-0.1, -0.05) is 17.7 Å². The first-order chi connectivity index (χ1) is 10.2. The van der Waals surface area contributed by atoms with E-state index in [1.54, 1.807) is 16.7 Å². The molecule has 0 saturated carbocycles. The largest absolute Gasteiger partial charge is 0.278 e. The summed E-state index contributed by atoms with van der Waals surface area (Å²) in [5.41, 5.74) is 1.27. The Hall–Kier alpha value is -2.16. The summed E-state index contributed by atoms with van der Waals surface area (Å²) in [7, 11) is 0. The van der Waals surface area contributed by atoms with Crippen molar-refractivity contribution in [2.75, 3.05) is 0 Å². The number of hydrogen-bond acceptors (Lipinski definition) is 3. The zero-order chi connectivity index (χ0) is 15.0. The molecule has 0 N–H and O–H groups in total. The van der Waals surface area contributed by atoms with Gasteiger partial charge in [-0.05, 0) is 18.2 Å². The van der Waals surface area contributed by atoms with Gasteiger partial charge in [0, 0.05) is 6.20 Å². The highest BCUT2D eigenvalue weighted by atomic mass is 35.5. The maximum Gasteiger partial charge on any atom is 0.164 e. The first-order valence-corrected chi connectivity index (χ1v) is 6.84. The molecule has 3 aromatic rings. The second-order valence-corrected chi connectivity index (χ2v) is 4.94. The second kappa shape index (κ2) is 5.32. The highest BCUT2D eigenvalue weighted by Gasteiger charge is 2.17. The lowest BCUT2D eigenvalue weighted by Gasteiger charge is -2.09. The first kappa shape index (κ1) is 13.8. The molecule has 0 aliphatic heterocycles. The number of alkyl halides is 1. The normalized spacial score (nSPS) is 10.8. The molecule has 0 radical (unpaired) electrons. The van der Waals surface area contributed by atoms with E-state index in [0.717, 1.165) is 0 Å². The van der Waals surface area contributed by atoms with Gasteiger partial charge in [-0.2, -0.15) is 5.26 Å². The molecule has 0 amide bonds. The minimum atomic E-state index is -0.605. The van der Waals surface area contributed by atoms with E-state index in [1.807, 2.05) is 6.07 Å². The molecule has 0 bridgehead atoms. The fraction of sp³-hybridized carbons (Fsp3) is 0.0714. The molecular formula is C14H7Cl2FN4. The van der Waals surface area contributed by atoms with E-state index in [1.165, 1.54) is 18.3 Å².